The summed E-state index contributed by atoms with van der Waals surface area (Å²) in [6.07, 6.45) is 0. The lowest BCUT2D eigenvalue weighted by Gasteiger charge is -2.14. The Kier molecular flexibility index (Phi) is 5.91. The molecule has 3 rings (SSSR count). The van der Waals surface area contributed by atoms with Crippen molar-refractivity contribution in [3.63, 3.8) is 0 Å². The number of carbonyl (C=O) groups excluding carboxylic acids is 3. The number of amides is 2. The molecule has 10 nitrogen and oxygen atoms in total. The van der Waals surface area contributed by atoms with Gasteiger partial charge in [0.25, 0.3) is 17.4 Å². The SMILES string of the molecule is COC(=O)c1[nH]c(C)c(C(=O)NNC(=O)c2nn(C(C)C)c(=O)c3ccccc23)c1C. The topological polar surface area (TPSA) is 135 Å². The Balaban J connectivity index is 1.90. The first-order valence-corrected chi connectivity index (χ1v) is 9.57. The molecule has 2 heterocycles. The molecule has 10 heteroatoms. The molecule has 0 saturated carbocycles. The van der Waals surface area contributed by atoms with Crippen LogP contribution in [0.5, 0.6) is 0 Å². The minimum Gasteiger partial charge on any atom is -0.464 e. The van der Waals surface area contributed by atoms with Gasteiger partial charge in [-0.25, -0.2) is 9.48 Å². The Bertz CT molecular complexity index is 1260. The van der Waals surface area contributed by atoms with Gasteiger partial charge in [0.15, 0.2) is 5.69 Å². The molecule has 0 fully saturated rings. The van der Waals surface area contributed by atoms with Crippen LogP contribution in [0.25, 0.3) is 10.8 Å². The second-order valence-electron chi connectivity index (χ2n) is 7.26. The standard InChI is InChI=1S/C21H23N5O5/c1-10(2)26-20(29)14-9-7-6-8-13(14)17(25-26)19(28)24-23-18(27)15-11(3)16(21(30)31-5)22-12(15)4/h6-10,22H,1-5H3,(H,23,27)(H,24,28). The van der Waals surface area contributed by atoms with Crippen molar-refractivity contribution < 1.29 is 19.1 Å². The molecule has 0 bridgehead atoms. The third-order valence-electron chi connectivity index (χ3n) is 4.88. The molecule has 31 heavy (non-hydrogen) atoms. The number of fused-ring (bicyclic) bond motifs is 1. The number of hydrogen-bond donors (Lipinski definition) is 3. The molecule has 0 aliphatic heterocycles. The first kappa shape index (κ1) is 21.8. The predicted octanol–water partition coefficient (Wildman–Crippen LogP) is 1.78. The molecule has 1 aromatic carbocycles. The lowest BCUT2D eigenvalue weighted by molar-refractivity contribution is 0.0593. The predicted molar refractivity (Wildman–Crippen MR) is 113 cm³/mol. The number of esters is 1. The van der Waals surface area contributed by atoms with Gasteiger partial charge in [-0.05, 0) is 39.3 Å². The number of rotatable bonds is 4. The van der Waals surface area contributed by atoms with Gasteiger partial charge in [0.2, 0.25) is 0 Å². The van der Waals surface area contributed by atoms with E-state index in [9.17, 15) is 19.2 Å². The fraction of sp³-hybridized carbons (Fsp3) is 0.286. The van der Waals surface area contributed by atoms with Crippen LogP contribution in [0.2, 0.25) is 0 Å². The van der Waals surface area contributed by atoms with Gasteiger partial charge in [-0.2, -0.15) is 5.10 Å². The van der Waals surface area contributed by atoms with Crippen LogP contribution in [0.4, 0.5) is 0 Å². The number of nitrogens with zero attached hydrogens (tertiary/aromatic N) is 2. The zero-order valence-electron chi connectivity index (χ0n) is 17.8. The van der Waals surface area contributed by atoms with E-state index < -0.39 is 17.8 Å². The summed E-state index contributed by atoms with van der Waals surface area (Å²) in [5.41, 5.74) is 5.59. The number of H-pyrrole nitrogens is 1. The molecule has 0 spiro atoms. The number of ether oxygens (including phenoxy) is 1. The fourth-order valence-electron chi connectivity index (χ4n) is 3.36. The number of aromatic nitrogens is 3. The summed E-state index contributed by atoms with van der Waals surface area (Å²) < 4.78 is 5.92. The second kappa shape index (κ2) is 8.42. The van der Waals surface area contributed by atoms with E-state index in [1.165, 1.54) is 11.8 Å². The second-order valence-corrected chi connectivity index (χ2v) is 7.26. The summed E-state index contributed by atoms with van der Waals surface area (Å²) in [7, 11) is 1.24. The molecular weight excluding hydrogens is 402 g/mol. The Morgan fingerprint density at radius 1 is 1.06 bits per heavy atom. The van der Waals surface area contributed by atoms with E-state index in [-0.39, 0.29) is 28.6 Å². The van der Waals surface area contributed by atoms with Gasteiger partial charge in [0, 0.05) is 11.1 Å². The summed E-state index contributed by atoms with van der Waals surface area (Å²) in [6.45, 7) is 6.79. The van der Waals surface area contributed by atoms with Crippen LogP contribution in [0, 0.1) is 13.8 Å². The van der Waals surface area contributed by atoms with Gasteiger partial charge in [-0.3, -0.25) is 25.2 Å². The number of aromatic amines is 1. The van der Waals surface area contributed by atoms with Crippen LogP contribution in [0.3, 0.4) is 0 Å². The van der Waals surface area contributed by atoms with Gasteiger partial charge in [0.1, 0.15) is 5.69 Å². The number of aryl methyl sites for hydroxylation is 1. The Morgan fingerprint density at radius 3 is 2.29 bits per heavy atom. The fourth-order valence-corrected chi connectivity index (χ4v) is 3.36. The van der Waals surface area contributed by atoms with Crippen molar-refractivity contribution in [2.45, 2.75) is 33.7 Å². The van der Waals surface area contributed by atoms with Crippen molar-refractivity contribution in [2.75, 3.05) is 7.11 Å². The Morgan fingerprint density at radius 2 is 1.68 bits per heavy atom. The number of hydrogen-bond acceptors (Lipinski definition) is 6. The van der Waals surface area contributed by atoms with Crippen LogP contribution in [-0.2, 0) is 4.74 Å². The zero-order chi connectivity index (χ0) is 22.9. The van der Waals surface area contributed by atoms with E-state index in [0.717, 1.165) is 0 Å². The van der Waals surface area contributed by atoms with Gasteiger partial charge in [-0.15, -0.1) is 0 Å². The lowest BCUT2D eigenvalue weighted by atomic mass is 10.1. The smallest absolute Gasteiger partial charge is 0.354 e. The van der Waals surface area contributed by atoms with E-state index in [1.54, 1.807) is 52.0 Å². The Labute approximate surface area is 177 Å². The molecule has 0 saturated heterocycles. The first-order valence-electron chi connectivity index (χ1n) is 9.57. The number of carbonyl (C=O) groups is 3. The normalized spacial score (nSPS) is 10.9. The van der Waals surface area contributed by atoms with E-state index in [0.29, 0.717) is 22.0 Å². The van der Waals surface area contributed by atoms with E-state index in [1.807, 2.05) is 0 Å². The van der Waals surface area contributed by atoms with Crippen LogP contribution >= 0.6 is 0 Å². The first-order chi connectivity index (χ1) is 14.7. The van der Waals surface area contributed by atoms with Gasteiger partial charge in [-0.1, -0.05) is 18.2 Å². The third-order valence-corrected chi connectivity index (χ3v) is 4.88. The van der Waals surface area contributed by atoms with Crippen molar-refractivity contribution in [1.29, 1.82) is 0 Å². The minimum atomic E-state index is -0.682. The number of benzene rings is 1. The van der Waals surface area contributed by atoms with Gasteiger partial charge < -0.3 is 9.72 Å². The van der Waals surface area contributed by atoms with E-state index in [4.69, 9.17) is 4.74 Å². The quantitative estimate of drug-likeness (QED) is 0.431. The molecule has 162 valence electrons. The zero-order valence-corrected chi connectivity index (χ0v) is 17.8. The molecule has 3 aromatic rings. The number of nitrogens with one attached hydrogen (secondary N) is 3. The van der Waals surface area contributed by atoms with Crippen molar-refractivity contribution in [3.05, 3.63) is 62.8 Å². The van der Waals surface area contributed by atoms with Crippen molar-refractivity contribution in [1.82, 2.24) is 25.6 Å². The molecule has 3 N–H and O–H groups in total. The number of methoxy groups -OCH3 is 1. The summed E-state index contributed by atoms with van der Waals surface area (Å²) in [6, 6.07) is 6.37. The van der Waals surface area contributed by atoms with Gasteiger partial charge in [0.05, 0.1) is 24.1 Å². The molecular formula is C21H23N5O5. The molecule has 0 aliphatic rings. The van der Waals surface area contributed by atoms with Crippen LogP contribution < -0.4 is 16.4 Å². The average Bonchev–Trinajstić information content (AvgIpc) is 3.05. The highest BCUT2D eigenvalue weighted by Gasteiger charge is 2.24. The van der Waals surface area contributed by atoms with Crippen LogP contribution in [0.15, 0.2) is 29.1 Å². The minimum absolute atomic E-state index is 0.00182. The lowest BCUT2D eigenvalue weighted by Crippen LogP contribution is -2.43. The maximum Gasteiger partial charge on any atom is 0.354 e. The van der Waals surface area contributed by atoms with Crippen LogP contribution in [0.1, 0.15) is 62.5 Å². The highest BCUT2D eigenvalue weighted by molar-refractivity contribution is 6.07. The van der Waals surface area contributed by atoms with E-state index in [2.05, 4.69) is 20.9 Å². The highest BCUT2D eigenvalue weighted by Crippen LogP contribution is 2.19. The van der Waals surface area contributed by atoms with E-state index >= 15 is 0 Å². The Hall–Kier alpha value is -3.95. The molecule has 0 aliphatic carbocycles. The monoisotopic (exact) mass is 425 g/mol. The summed E-state index contributed by atoms with van der Waals surface area (Å²) in [4.78, 5) is 52.7. The van der Waals surface area contributed by atoms with Crippen LogP contribution in [-0.4, -0.2) is 39.7 Å². The van der Waals surface area contributed by atoms with Gasteiger partial charge >= 0.3 is 5.97 Å². The van der Waals surface area contributed by atoms with Crippen molar-refractivity contribution in [3.8, 4) is 0 Å². The molecule has 2 amide bonds. The third kappa shape index (κ3) is 3.91. The van der Waals surface area contributed by atoms with Crippen molar-refractivity contribution >= 4 is 28.6 Å². The molecule has 0 unspecified atom stereocenters. The number of hydrazine groups is 1. The molecule has 0 atom stereocenters. The molecule has 0 radical (unpaired) electrons. The summed E-state index contributed by atoms with van der Waals surface area (Å²) in [5.74, 6) is -1.90. The van der Waals surface area contributed by atoms with Crippen molar-refractivity contribution in [2.24, 2.45) is 0 Å². The highest BCUT2D eigenvalue weighted by atomic mass is 16.5. The average molecular weight is 425 g/mol. The maximum absolute atomic E-state index is 12.8. The largest absolute Gasteiger partial charge is 0.464 e. The molecule has 2 aromatic heterocycles. The maximum atomic E-state index is 12.8. The summed E-state index contributed by atoms with van der Waals surface area (Å²) in [5, 5.41) is 4.92. The summed E-state index contributed by atoms with van der Waals surface area (Å²) >= 11 is 0.